The zero-order chi connectivity index (χ0) is 20.6. The molecule has 2 aromatic heterocycles. The minimum Gasteiger partial charge on any atom is -0.486 e. The molecule has 0 aliphatic carbocycles. The topological polar surface area (TPSA) is 118 Å². The van der Waals surface area contributed by atoms with Crippen molar-refractivity contribution >= 4 is 29.0 Å². The minimum absolute atomic E-state index is 0.0239. The maximum Gasteiger partial charge on any atom is 0.269 e. The van der Waals surface area contributed by atoms with Crippen LogP contribution in [0.25, 0.3) is 6.08 Å². The number of furan rings is 1. The average molecular weight is 409 g/mol. The molecular formula is C20H15N3O5S. The third kappa shape index (κ3) is 5.54. The van der Waals surface area contributed by atoms with E-state index in [1.807, 2.05) is 23.6 Å². The van der Waals surface area contributed by atoms with Crippen LogP contribution in [0, 0.1) is 21.4 Å². The summed E-state index contributed by atoms with van der Waals surface area (Å²) in [7, 11) is 0. The van der Waals surface area contributed by atoms with Crippen molar-refractivity contribution in [3.8, 4) is 11.8 Å². The Kier molecular flexibility index (Phi) is 6.40. The lowest BCUT2D eigenvalue weighted by molar-refractivity contribution is -0.384. The van der Waals surface area contributed by atoms with E-state index >= 15 is 0 Å². The quantitative estimate of drug-likeness (QED) is 0.259. The van der Waals surface area contributed by atoms with E-state index in [-0.39, 0.29) is 17.9 Å². The van der Waals surface area contributed by atoms with E-state index < -0.39 is 10.8 Å². The van der Waals surface area contributed by atoms with Gasteiger partial charge in [-0.15, -0.1) is 11.3 Å². The number of thiophene rings is 1. The Morgan fingerprint density at radius 3 is 2.72 bits per heavy atom. The fourth-order valence-electron chi connectivity index (χ4n) is 2.33. The summed E-state index contributed by atoms with van der Waals surface area (Å²) in [5.41, 5.74) is -0.0945. The molecular weight excluding hydrogens is 394 g/mol. The predicted molar refractivity (Wildman–Crippen MR) is 106 cm³/mol. The second-order valence-electron chi connectivity index (χ2n) is 5.78. The van der Waals surface area contributed by atoms with Crippen molar-refractivity contribution in [2.45, 2.75) is 13.2 Å². The Hall–Kier alpha value is -3.90. The number of carbonyl (C=O) groups excluding carboxylic acids is 1. The van der Waals surface area contributed by atoms with Crippen LogP contribution in [0.1, 0.15) is 16.4 Å². The van der Waals surface area contributed by atoms with Gasteiger partial charge in [0.15, 0.2) is 0 Å². The maximum absolute atomic E-state index is 12.2. The van der Waals surface area contributed by atoms with Gasteiger partial charge in [-0.05, 0) is 35.7 Å². The summed E-state index contributed by atoms with van der Waals surface area (Å²) in [6, 6.07) is 14.6. The van der Waals surface area contributed by atoms with Crippen LogP contribution in [0.3, 0.4) is 0 Å². The molecule has 0 radical (unpaired) electrons. The maximum atomic E-state index is 12.2. The molecule has 0 unspecified atom stereocenters. The Labute approximate surface area is 169 Å². The number of ether oxygens (including phenoxy) is 1. The smallest absolute Gasteiger partial charge is 0.269 e. The number of nitro benzene ring substituents is 1. The first-order chi connectivity index (χ1) is 14.0. The molecule has 1 N–H and O–H groups in total. The van der Waals surface area contributed by atoms with Gasteiger partial charge in [0, 0.05) is 23.1 Å². The Balaban J connectivity index is 1.58. The first kappa shape index (κ1) is 19.9. The number of rotatable bonds is 8. The zero-order valence-electron chi connectivity index (χ0n) is 15.0. The van der Waals surface area contributed by atoms with E-state index in [0.29, 0.717) is 23.8 Å². The van der Waals surface area contributed by atoms with Crippen molar-refractivity contribution in [1.29, 1.82) is 5.26 Å². The molecule has 3 aromatic rings. The number of hydrogen-bond donors (Lipinski definition) is 1. The van der Waals surface area contributed by atoms with E-state index in [2.05, 4.69) is 5.32 Å². The molecule has 0 atom stereocenters. The molecule has 0 bridgehead atoms. The van der Waals surface area contributed by atoms with E-state index in [9.17, 15) is 20.2 Å². The fourth-order valence-corrected chi connectivity index (χ4v) is 2.98. The van der Waals surface area contributed by atoms with Gasteiger partial charge in [0.2, 0.25) is 0 Å². The average Bonchev–Trinajstić information content (AvgIpc) is 3.41. The SMILES string of the molecule is N#C/C(=C/c1ccc(COc2ccc([N+](=O)[O-])cc2)o1)C(=O)NCc1cccs1. The molecule has 0 spiro atoms. The molecule has 1 amide bonds. The van der Waals surface area contributed by atoms with Gasteiger partial charge < -0.3 is 14.5 Å². The van der Waals surface area contributed by atoms with Crippen LogP contribution in [0.5, 0.6) is 5.75 Å². The second kappa shape index (κ2) is 9.34. The molecule has 146 valence electrons. The van der Waals surface area contributed by atoms with Crippen LogP contribution < -0.4 is 10.1 Å². The van der Waals surface area contributed by atoms with E-state index in [4.69, 9.17) is 9.15 Å². The second-order valence-corrected chi connectivity index (χ2v) is 6.81. The van der Waals surface area contributed by atoms with Crippen molar-refractivity contribution in [3.05, 3.63) is 86.0 Å². The number of nitrogens with zero attached hydrogens (tertiary/aromatic N) is 2. The molecule has 0 saturated carbocycles. The van der Waals surface area contributed by atoms with Crippen LogP contribution in [-0.4, -0.2) is 10.8 Å². The van der Waals surface area contributed by atoms with E-state index in [0.717, 1.165) is 4.88 Å². The molecule has 2 heterocycles. The highest BCUT2D eigenvalue weighted by Crippen LogP contribution is 2.19. The molecule has 9 heteroatoms. The predicted octanol–water partition coefficient (Wildman–Crippen LogP) is 4.05. The summed E-state index contributed by atoms with van der Waals surface area (Å²) in [6.07, 6.45) is 1.36. The van der Waals surface area contributed by atoms with Crippen molar-refractivity contribution in [3.63, 3.8) is 0 Å². The normalized spacial score (nSPS) is 10.9. The highest BCUT2D eigenvalue weighted by Gasteiger charge is 2.11. The van der Waals surface area contributed by atoms with Crippen LogP contribution in [0.15, 0.2) is 63.9 Å². The van der Waals surface area contributed by atoms with Crippen molar-refractivity contribution in [2.75, 3.05) is 0 Å². The van der Waals surface area contributed by atoms with Gasteiger partial charge in [0.1, 0.15) is 35.5 Å². The van der Waals surface area contributed by atoms with Gasteiger partial charge in [0.25, 0.3) is 11.6 Å². The van der Waals surface area contributed by atoms with Gasteiger partial charge in [0.05, 0.1) is 11.5 Å². The third-order valence-corrected chi connectivity index (χ3v) is 4.64. The summed E-state index contributed by atoms with van der Waals surface area (Å²) in [4.78, 5) is 23.3. The molecule has 0 aliphatic heterocycles. The summed E-state index contributed by atoms with van der Waals surface area (Å²) in [5, 5.41) is 24.5. The van der Waals surface area contributed by atoms with Crippen LogP contribution in [0.4, 0.5) is 5.69 Å². The Morgan fingerprint density at radius 2 is 2.07 bits per heavy atom. The van der Waals surface area contributed by atoms with E-state index in [1.54, 1.807) is 12.1 Å². The van der Waals surface area contributed by atoms with Crippen molar-refractivity contribution in [2.24, 2.45) is 0 Å². The van der Waals surface area contributed by atoms with Gasteiger partial charge >= 0.3 is 0 Å². The first-order valence-electron chi connectivity index (χ1n) is 8.43. The van der Waals surface area contributed by atoms with Crippen LogP contribution in [-0.2, 0) is 17.9 Å². The number of amides is 1. The molecule has 0 saturated heterocycles. The summed E-state index contributed by atoms with van der Waals surface area (Å²) < 4.78 is 11.1. The highest BCUT2D eigenvalue weighted by molar-refractivity contribution is 7.09. The fraction of sp³-hybridized carbons (Fsp3) is 0.100. The largest absolute Gasteiger partial charge is 0.486 e. The number of hydrogen-bond acceptors (Lipinski definition) is 7. The molecule has 3 rings (SSSR count). The van der Waals surface area contributed by atoms with Gasteiger partial charge in [-0.3, -0.25) is 14.9 Å². The van der Waals surface area contributed by atoms with E-state index in [1.165, 1.54) is 41.7 Å². The number of nitriles is 1. The lowest BCUT2D eigenvalue weighted by Gasteiger charge is -2.03. The lowest BCUT2D eigenvalue weighted by atomic mass is 10.2. The molecule has 0 aliphatic rings. The van der Waals surface area contributed by atoms with Crippen LogP contribution in [0.2, 0.25) is 0 Å². The lowest BCUT2D eigenvalue weighted by Crippen LogP contribution is -2.23. The summed E-state index contributed by atoms with van der Waals surface area (Å²) >= 11 is 1.51. The van der Waals surface area contributed by atoms with Gasteiger partial charge in [-0.2, -0.15) is 5.26 Å². The number of carbonyl (C=O) groups is 1. The minimum atomic E-state index is -0.488. The third-order valence-electron chi connectivity index (χ3n) is 3.77. The van der Waals surface area contributed by atoms with Crippen molar-refractivity contribution in [1.82, 2.24) is 5.32 Å². The number of benzene rings is 1. The zero-order valence-corrected chi connectivity index (χ0v) is 15.8. The molecule has 8 nitrogen and oxygen atoms in total. The van der Waals surface area contributed by atoms with Gasteiger partial charge in [-0.25, -0.2) is 0 Å². The molecule has 1 aromatic carbocycles. The Bertz CT molecular complexity index is 1060. The first-order valence-corrected chi connectivity index (χ1v) is 9.31. The van der Waals surface area contributed by atoms with Crippen molar-refractivity contribution < 1.29 is 18.9 Å². The highest BCUT2D eigenvalue weighted by atomic mass is 32.1. The number of nitro groups is 1. The van der Waals surface area contributed by atoms with Crippen LogP contribution >= 0.6 is 11.3 Å². The Morgan fingerprint density at radius 1 is 1.28 bits per heavy atom. The monoisotopic (exact) mass is 409 g/mol. The summed E-state index contributed by atoms with van der Waals surface area (Å²) in [5.74, 6) is 0.789. The number of non-ortho nitro benzene ring substituents is 1. The standard InChI is InChI=1S/C20H15N3O5S/c21-11-14(20(24)22-12-19-2-1-9-29-19)10-17-7-8-18(28-17)13-27-16-5-3-15(4-6-16)23(25)26/h1-10H,12-13H2,(H,22,24)/b14-10-. The number of nitrogens with one attached hydrogen (secondary N) is 1. The summed E-state index contributed by atoms with van der Waals surface area (Å²) in [6.45, 7) is 0.445. The molecule has 29 heavy (non-hydrogen) atoms. The molecule has 0 fully saturated rings. The van der Waals surface area contributed by atoms with Gasteiger partial charge in [-0.1, -0.05) is 6.07 Å².